The van der Waals surface area contributed by atoms with Gasteiger partial charge in [0.05, 0.1) is 12.5 Å². The van der Waals surface area contributed by atoms with Gasteiger partial charge in [-0.15, -0.1) is 0 Å². The molecule has 9 nitrogen and oxygen atoms in total. The number of hydrogen-bond acceptors (Lipinski definition) is 5. The molecule has 1 spiro atoms. The molecule has 0 aromatic carbocycles. The number of amides is 3. The molecule has 9 heteroatoms. The lowest BCUT2D eigenvalue weighted by atomic mass is 9.91. The normalized spacial score (nSPS) is 23.9. The van der Waals surface area contributed by atoms with Crippen LogP contribution in [0, 0.1) is 17.3 Å². The van der Waals surface area contributed by atoms with Crippen LogP contribution in [0.3, 0.4) is 0 Å². The van der Waals surface area contributed by atoms with Crippen molar-refractivity contribution in [2.45, 2.75) is 57.4 Å². The molecule has 1 unspecified atom stereocenters. The summed E-state index contributed by atoms with van der Waals surface area (Å²) in [5, 5.41) is 19.7. The first-order chi connectivity index (χ1) is 14.0. The fourth-order valence-corrected chi connectivity index (χ4v) is 5.01. The van der Waals surface area contributed by atoms with E-state index in [0.29, 0.717) is 42.6 Å². The summed E-state index contributed by atoms with van der Waals surface area (Å²) in [6.45, 7) is 0.536. The summed E-state index contributed by atoms with van der Waals surface area (Å²) in [5.41, 5.74) is 0.0463. The SMILES string of the molecule is O=CN(O)C[C@@H](CC1CCCC1)C(=O)N1CC2(CC2)CC1C(=O)Nc1cc[nH]n1. The first-order valence-corrected chi connectivity index (χ1v) is 10.5. The van der Waals surface area contributed by atoms with Gasteiger partial charge in [0, 0.05) is 18.8 Å². The summed E-state index contributed by atoms with van der Waals surface area (Å²) >= 11 is 0. The van der Waals surface area contributed by atoms with Crippen LogP contribution < -0.4 is 5.32 Å². The maximum Gasteiger partial charge on any atom is 0.248 e. The van der Waals surface area contributed by atoms with Gasteiger partial charge in [-0.1, -0.05) is 25.7 Å². The fraction of sp³-hybridized carbons (Fsp3) is 0.700. The number of nitrogens with one attached hydrogen (secondary N) is 2. The third-order valence-corrected chi connectivity index (χ3v) is 6.77. The number of carbonyl (C=O) groups is 3. The van der Waals surface area contributed by atoms with Crippen molar-refractivity contribution in [3.8, 4) is 0 Å². The Kier molecular flexibility index (Phi) is 5.58. The molecule has 1 saturated heterocycles. The Morgan fingerprint density at radius 1 is 1.41 bits per heavy atom. The minimum atomic E-state index is -0.545. The summed E-state index contributed by atoms with van der Waals surface area (Å²) < 4.78 is 0. The van der Waals surface area contributed by atoms with Crippen LogP contribution in [-0.2, 0) is 14.4 Å². The fourth-order valence-electron chi connectivity index (χ4n) is 5.01. The van der Waals surface area contributed by atoms with Crippen molar-refractivity contribution in [2.75, 3.05) is 18.4 Å². The number of rotatable bonds is 8. The van der Waals surface area contributed by atoms with Gasteiger partial charge >= 0.3 is 0 Å². The van der Waals surface area contributed by atoms with Crippen molar-refractivity contribution in [1.82, 2.24) is 20.2 Å². The van der Waals surface area contributed by atoms with Gasteiger partial charge in [0.2, 0.25) is 18.2 Å². The number of carbonyl (C=O) groups excluding carboxylic acids is 3. The van der Waals surface area contributed by atoms with Crippen LogP contribution in [0.4, 0.5) is 5.82 Å². The lowest BCUT2D eigenvalue weighted by Crippen LogP contribution is -2.48. The van der Waals surface area contributed by atoms with Crippen LogP contribution >= 0.6 is 0 Å². The van der Waals surface area contributed by atoms with Crippen LogP contribution in [0.1, 0.15) is 51.4 Å². The van der Waals surface area contributed by atoms with Crippen molar-refractivity contribution < 1.29 is 19.6 Å². The summed E-state index contributed by atoms with van der Waals surface area (Å²) in [4.78, 5) is 39.1. The zero-order valence-electron chi connectivity index (χ0n) is 16.5. The Labute approximate surface area is 169 Å². The monoisotopic (exact) mass is 403 g/mol. The number of aromatic amines is 1. The highest BCUT2D eigenvalue weighted by atomic mass is 16.5. The molecule has 1 aliphatic heterocycles. The zero-order chi connectivity index (χ0) is 20.4. The predicted molar refractivity (Wildman–Crippen MR) is 104 cm³/mol. The van der Waals surface area contributed by atoms with Crippen molar-refractivity contribution in [2.24, 2.45) is 17.3 Å². The van der Waals surface area contributed by atoms with Crippen molar-refractivity contribution in [3.63, 3.8) is 0 Å². The van der Waals surface area contributed by atoms with Gasteiger partial charge in [-0.25, -0.2) is 5.06 Å². The molecular formula is C20H29N5O4. The second-order valence-electron chi connectivity index (χ2n) is 8.95. The number of likely N-dealkylation sites (tertiary alicyclic amines) is 1. The summed E-state index contributed by atoms with van der Waals surface area (Å²) in [7, 11) is 0. The first-order valence-electron chi connectivity index (χ1n) is 10.5. The molecular weight excluding hydrogens is 374 g/mol. The van der Waals surface area contributed by atoms with Crippen LogP contribution in [-0.4, -0.2) is 62.7 Å². The van der Waals surface area contributed by atoms with E-state index in [0.717, 1.165) is 38.5 Å². The maximum atomic E-state index is 13.5. The molecule has 3 aliphatic rings. The van der Waals surface area contributed by atoms with Gasteiger partial charge in [-0.05, 0) is 37.0 Å². The number of anilines is 1. The number of aromatic nitrogens is 2. The molecule has 0 radical (unpaired) electrons. The van der Waals surface area contributed by atoms with Gasteiger partial charge in [0.25, 0.3) is 0 Å². The van der Waals surface area contributed by atoms with Crippen LogP contribution in [0.5, 0.6) is 0 Å². The van der Waals surface area contributed by atoms with E-state index in [-0.39, 0.29) is 23.8 Å². The van der Waals surface area contributed by atoms with Crippen LogP contribution in [0.25, 0.3) is 0 Å². The third kappa shape index (κ3) is 4.44. The van der Waals surface area contributed by atoms with Gasteiger partial charge in [-0.2, -0.15) is 5.10 Å². The molecule has 29 heavy (non-hydrogen) atoms. The van der Waals surface area contributed by atoms with E-state index in [1.165, 1.54) is 0 Å². The summed E-state index contributed by atoms with van der Waals surface area (Å²) in [6, 6.07) is 1.12. The topological polar surface area (TPSA) is 119 Å². The first kappa shape index (κ1) is 19.9. The molecule has 2 saturated carbocycles. The molecule has 3 amide bonds. The highest BCUT2D eigenvalue weighted by molar-refractivity contribution is 5.97. The molecule has 3 N–H and O–H groups in total. The third-order valence-electron chi connectivity index (χ3n) is 6.77. The Hall–Kier alpha value is -2.42. The Morgan fingerprint density at radius 2 is 2.17 bits per heavy atom. The van der Waals surface area contributed by atoms with E-state index in [4.69, 9.17) is 0 Å². The van der Waals surface area contributed by atoms with Crippen molar-refractivity contribution in [1.29, 1.82) is 0 Å². The van der Waals surface area contributed by atoms with Gasteiger partial charge in [-0.3, -0.25) is 24.7 Å². The average Bonchev–Trinajstić information content (AvgIpc) is 3.13. The highest BCUT2D eigenvalue weighted by Gasteiger charge is 2.55. The van der Waals surface area contributed by atoms with Gasteiger partial charge in [0.1, 0.15) is 6.04 Å². The Balaban J connectivity index is 1.50. The number of H-pyrrole nitrogens is 1. The second-order valence-corrected chi connectivity index (χ2v) is 8.95. The van der Waals surface area contributed by atoms with E-state index in [1.54, 1.807) is 17.2 Å². The molecule has 2 heterocycles. The molecule has 0 bridgehead atoms. The molecule has 3 fully saturated rings. The second kappa shape index (κ2) is 8.14. The predicted octanol–water partition coefficient (Wildman–Crippen LogP) is 1.77. The molecule has 1 aromatic rings. The van der Waals surface area contributed by atoms with Gasteiger partial charge < -0.3 is 10.2 Å². The minimum Gasteiger partial charge on any atom is -0.330 e. The standard InChI is InChI=1S/C20H29N5O4/c26-13-24(29)11-15(9-14-3-1-2-4-14)19(28)25-12-20(6-7-20)10-16(25)18(27)22-17-5-8-21-23-17/h5,8,13-16,29H,1-4,6-7,9-12H2,(H2,21,22,23,27)/t15-,16?/m1/s1. The smallest absolute Gasteiger partial charge is 0.248 e. The summed E-state index contributed by atoms with van der Waals surface area (Å²) in [5.74, 6) is -0.00122. The van der Waals surface area contributed by atoms with E-state index in [9.17, 15) is 19.6 Å². The van der Waals surface area contributed by atoms with Crippen molar-refractivity contribution >= 4 is 24.0 Å². The number of hydrogen-bond donors (Lipinski definition) is 3. The van der Waals surface area contributed by atoms with Gasteiger partial charge in [0.15, 0.2) is 5.82 Å². The lowest BCUT2D eigenvalue weighted by Gasteiger charge is -2.30. The average molecular weight is 403 g/mol. The maximum absolute atomic E-state index is 13.5. The van der Waals surface area contributed by atoms with E-state index >= 15 is 0 Å². The van der Waals surface area contributed by atoms with E-state index < -0.39 is 12.0 Å². The quantitative estimate of drug-likeness (QED) is 0.347. The molecule has 2 atom stereocenters. The Bertz CT molecular complexity index is 742. The molecule has 2 aliphatic carbocycles. The zero-order valence-corrected chi connectivity index (χ0v) is 16.5. The van der Waals surface area contributed by atoms with Crippen LogP contribution in [0.2, 0.25) is 0 Å². The number of nitrogens with zero attached hydrogens (tertiary/aromatic N) is 3. The molecule has 158 valence electrons. The molecule has 1 aromatic heterocycles. The van der Waals surface area contributed by atoms with Crippen molar-refractivity contribution in [3.05, 3.63) is 12.3 Å². The highest BCUT2D eigenvalue weighted by Crippen LogP contribution is 2.55. The van der Waals surface area contributed by atoms with E-state index in [1.807, 2.05) is 0 Å². The number of hydroxylamine groups is 2. The largest absolute Gasteiger partial charge is 0.330 e. The Morgan fingerprint density at radius 3 is 2.79 bits per heavy atom. The summed E-state index contributed by atoms with van der Waals surface area (Å²) in [6.07, 6.45) is 9.77. The lowest BCUT2D eigenvalue weighted by molar-refractivity contribution is -0.158. The molecule has 4 rings (SSSR count). The van der Waals surface area contributed by atoms with Crippen LogP contribution in [0.15, 0.2) is 12.3 Å². The minimum absolute atomic E-state index is 0.0317. The van der Waals surface area contributed by atoms with E-state index in [2.05, 4.69) is 15.5 Å².